The van der Waals surface area contributed by atoms with Gasteiger partial charge in [-0.25, -0.2) is 9.37 Å². The molecule has 5 heteroatoms. The Hall–Kier alpha value is -0.610. The first-order valence-corrected chi connectivity index (χ1v) is 8.68. The normalized spacial score (nSPS) is 13.3. The van der Waals surface area contributed by atoms with E-state index in [0.717, 1.165) is 24.2 Å². The second-order valence-electron chi connectivity index (χ2n) is 5.91. The number of aromatic nitrogens is 2. The topological polar surface area (TPSA) is 17.8 Å². The van der Waals surface area contributed by atoms with Gasteiger partial charge < -0.3 is 4.57 Å². The van der Waals surface area contributed by atoms with E-state index in [1.54, 1.807) is 0 Å². The molecule has 1 aromatic heterocycles. The van der Waals surface area contributed by atoms with Crippen LogP contribution in [0.3, 0.4) is 0 Å². The first-order valence-electron chi connectivity index (χ1n) is 7.35. The van der Waals surface area contributed by atoms with E-state index in [1.165, 1.54) is 6.07 Å². The summed E-state index contributed by atoms with van der Waals surface area (Å²) >= 11 is 9.16. The zero-order valence-corrected chi connectivity index (χ0v) is 15.0. The van der Waals surface area contributed by atoms with Crippen molar-refractivity contribution in [2.75, 3.05) is 5.88 Å². The standard InChI is InChI=1S/C16H21BrClFN2/c1-10(2)4-5-11(3)21-15-8-12(17)13(19)9-14(15)20-16(21)6-7-18/h8-11H,4-7H2,1-3H3. The fourth-order valence-corrected chi connectivity index (χ4v) is 3.10. The van der Waals surface area contributed by atoms with Gasteiger partial charge in [-0.3, -0.25) is 0 Å². The van der Waals surface area contributed by atoms with Crippen molar-refractivity contribution >= 4 is 38.6 Å². The molecule has 0 fully saturated rings. The molecule has 0 bridgehead atoms. The van der Waals surface area contributed by atoms with Gasteiger partial charge in [-0.05, 0) is 47.7 Å². The highest BCUT2D eigenvalue weighted by molar-refractivity contribution is 9.10. The third-order valence-electron chi connectivity index (χ3n) is 3.73. The van der Waals surface area contributed by atoms with Gasteiger partial charge >= 0.3 is 0 Å². The molecule has 1 heterocycles. The summed E-state index contributed by atoms with van der Waals surface area (Å²) in [6.45, 7) is 6.65. The van der Waals surface area contributed by atoms with Crippen LogP contribution in [0.25, 0.3) is 11.0 Å². The molecule has 0 radical (unpaired) electrons. The molecular formula is C16H21BrClFN2. The number of aryl methyl sites for hydroxylation is 1. The maximum absolute atomic E-state index is 13.7. The summed E-state index contributed by atoms with van der Waals surface area (Å²) in [5.41, 5.74) is 1.67. The molecule has 1 aromatic carbocycles. The Kier molecular flexibility index (Phi) is 5.67. The second kappa shape index (κ2) is 7.10. The van der Waals surface area contributed by atoms with Crippen molar-refractivity contribution in [3.63, 3.8) is 0 Å². The van der Waals surface area contributed by atoms with Crippen LogP contribution in [-0.4, -0.2) is 15.4 Å². The highest BCUT2D eigenvalue weighted by Crippen LogP contribution is 2.29. The highest BCUT2D eigenvalue weighted by atomic mass is 79.9. The van der Waals surface area contributed by atoms with Gasteiger partial charge in [0.2, 0.25) is 0 Å². The summed E-state index contributed by atoms with van der Waals surface area (Å²) in [5, 5.41) is 0. The van der Waals surface area contributed by atoms with Gasteiger partial charge in [-0.2, -0.15) is 0 Å². The molecule has 0 aliphatic carbocycles. The molecule has 0 saturated carbocycles. The van der Waals surface area contributed by atoms with Crippen LogP contribution in [0.2, 0.25) is 0 Å². The summed E-state index contributed by atoms with van der Waals surface area (Å²) in [6.07, 6.45) is 2.93. The fraction of sp³-hybridized carbons (Fsp3) is 0.562. The Balaban J connectivity index is 2.47. The van der Waals surface area contributed by atoms with Crippen LogP contribution >= 0.6 is 27.5 Å². The number of halogens is 3. The Bertz CT molecular complexity index is 624. The highest BCUT2D eigenvalue weighted by Gasteiger charge is 2.17. The van der Waals surface area contributed by atoms with E-state index in [0.29, 0.717) is 34.2 Å². The summed E-state index contributed by atoms with van der Waals surface area (Å²) in [6, 6.07) is 3.64. The average Bonchev–Trinajstić information content (AvgIpc) is 2.74. The smallest absolute Gasteiger partial charge is 0.139 e. The van der Waals surface area contributed by atoms with Crippen molar-refractivity contribution in [1.29, 1.82) is 0 Å². The van der Waals surface area contributed by atoms with Crippen LogP contribution in [0.5, 0.6) is 0 Å². The molecule has 0 saturated heterocycles. The third-order valence-corrected chi connectivity index (χ3v) is 4.52. The Labute approximate surface area is 138 Å². The van der Waals surface area contributed by atoms with Gasteiger partial charge in [-0.15, -0.1) is 11.6 Å². The van der Waals surface area contributed by atoms with Crippen LogP contribution in [-0.2, 0) is 6.42 Å². The van der Waals surface area contributed by atoms with Crippen molar-refractivity contribution < 1.29 is 4.39 Å². The van der Waals surface area contributed by atoms with E-state index < -0.39 is 0 Å². The Morgan fingerprint density at radius 2 is 2.00 bits per heavy atom. The zero-order valence-electron chi connectivity index (χ0n) is 12.7. The molecule has 0 spiro atoms. The van der Waals surface area contributed by atoms with Crippen molar-refractivity contribution in [2.24, 2.45) is 5.92 Å². The van der Waals surface area contributed by atoms with E-state index in [9.17, 15) is 4.39 Å². The Morgan fingerprint density at radius 1 is 1.29 bits per heavy atom. The molecule has 0 amide bonds. The van der Waals surface area contributed by atoms with Crippen LogP contribution in [0.1, 0.15) is 45.5 Å². The van der Waals surface area contributed by atoms with Gasteiger partial charge in [-0.1, -0.05) is 13.8 Å². The maximum Gasteiger partial charge on any atom is 0.139 e. The lowest BCUT2D eigenvalue weighted by molar-refractivity contribution is 0.438. The number of imidazole rings is 1. The quantitative estimate of drug-likeness (QED) is 0.591. The monoisotopic (exact) mass is 374 g/mol. The summed E-state index contributed by atoms with van der Waals surface area (Å²) in [7, 11) is 0. The minimum Gasteiger partial charge on any atom is -0.325 e. The molecule has 116 valence electrons. The third kappa shape index (κ3) is 3.78. The number of nitrogens with zero attached hydrogens (tertiary/aromatic N) is 2. The van der Waals surface area contributed by atoms with Gasteiger partial charge in [0, 0.05) is 24.4 Å². The molecule has 0 aliphatic rings. The van der Waals surface area contributed by atoms with E-state index in [-0.39, 0.29) is 5.82 Å². The van der Waals surface area contributed by atoms with Crippen LogP contribution in [0.15, 0.2) is 16.6 Å². The van der Waals surface area contributed by atoms with Gasteiger partial charge in [0.25, 0.3) is 0 Å². The molecular weight excluding hydrogens is 355 g/mol. The lowest BCUT2D eigenvalue weighted by atomic mass is 10.0. The van der Waals surface area contributed by atoms with Gasteiger partial charge in [0.05, 0.1) is 15.5 Å². The van der Waals surface area contributed by atoms with E-state index in [2.05, 4.69) is 46.3 Å². The van der Waals surface area contributed by atoms with E-state index >= 15 is 0 Å². The second-order valence-corrected chi connectivity index (χ2v) is 7.14. The van der Waals surface area contributed by atoms with Gasteiger partial charge in [0.15, 0.2) is 0 Å². The van der Waals surface area contributed by atoms with Gasteiger partial charge in [0.1, 0.15) is 11.6 Å². The molecule has 0 N–H and O–H groups in total. The number of hydrogen-bond acceptors (Lipinski definition) is 1. The van der Waals surface area contributed by atoms with E-state index in [4.69, 9.17) is 11.6 Å². The Morgan fingerprint density at radius 3 is 2.62 bits per heavy atom. The number of benzene rings is 1. The van der Waals surface area contributed by atoms with E-state index in [1.807, 2.05) is 6.07 Å². The van der Waals surface area contributed by atoms with Crippen molar-refractivity contribution in [2.45, 2.75) is 46.1 Å². The molecule has 2 aromatic rings. The largest absolute Gasteiger partial charge is 0.325 e. The average molecular weight is 376 g/mol. The summed E-state index contributed by atoms with van der Waals surface area (Å²) in [4.78, 5) is 4.57. The fourth-order valence-electron chi connectivity index (χ4n) is 2.60. The lowest BCUT2D eigenvalue weighted by Gasteiger charge is -2.18. The minimum absolute atomic E-state index is 0.278. The zero-order chi connectivity index (χ0) is 15.6. The lowest BCUT2D eigenvalue weighted by Crippen LogP contribution is -2.11. The molecule has 21 heavy (non-hydrogen) atoms. The summed E-state index contributed by atoms with van der Waals surface area (Å²) < 4.78 is 16.4. The molecule has 1 unspecified atom stereocenters. The molecule has 0 aliphatic heterocycles. The predicted octanol–water partition coefficient (Wildman–Crippen LogP) is 5.72. The first kappa shape index (κ1) is 16.8. The number of rotatable bonds is 6. The van der Waals surface area contributed by atoms with Crippen molar-refractivity contribution in [1.82, 2.24) is 9.55 Å². The number of hydrogen-bond donors (Lipinski definition) is 0. The molecule has 2 rings (SSSR count). The minimum atomic E-state index is -0.278. The van der Waals surface area contributed by atoms with Crippen LogP contribution in [0.4, 0.5) is 4.39 Å². The van der Waals surface area contributed by atoms with Crippen LogP contribution < -0.4 is 0 Å². The number of fused-ring (bicyclic) bond motifs is 1. The predicted molar refractivity (Wildman–Crippen MR) is 90.6 cm³/mol. The maximum atomic E-state index is 13.7. The van der Waals surface area contributed by atoms with Crippen molar-refractivity contribution in [3.8, 4) is 0 Å². The molecule has 1 atom stereocenters. The summed E-state index contributed by atoms with van der Waals surface area (Å²) in [5.74, 6) is 1.85. The van der Waals surface area contributed by atoms with Crippen molar-refractivity contribution in [3.05, 3.63) is 28.2 Å². The SMILES string of the molecule is CC(C)CCC(C)n1c(CCCl)nc2cc(F)c(Br)cc21. The first-order chi connectivity index (χ1) is 9.93. The van der Waals surface area contributed by atoms with Crippen LogP contribution in [0, 0.1) is 11.7 Å². The molecule has 2 nitrogen and oxygen atoms in total. The number of alkyl halides is 1.